The van der Waals surface area contributed by atoms with Gasteiger partial charge in [0.15, 0.2) is 11.5 Å². The van der Waals surface area contributed by atoms with Crippen LogP contribution in [0.15, 0.2) is 48.9 Å². The molecule has 1 atom stereocenters. The van der Waals surface area contributed by atoms with Gasteiger partial charge in [-0.2, -0.15) is 4.39 Å². The van der Waals surface area contributed by atoms with Crippen LogP contribution >= 0.6 is 0 Å². The highest BCUT2D eigenvalue weighted by Gasteiger charge is 2.30. The molecule has 5 aromatic rings. The molecule has 13 heteroatoms. The van der Waals surface area contributed by atoms with Crippen molar-refractivity contribution >= 4 is 40.1 Å². The number of nitrogens with zero attached hydrogens (tertiary/aromatic N) is 7. The first-order chi connectivity index (χ1) is 21.8. The first-order valence-corrected chi connectivity index (χ1v) is 15.0. The number of imidazole rings is 2. The number of benzene rings is 1. The third-order valence-electron chi connectivity index (χ3n) is 8.55. The summed E-state index contributed by atoms with van der Waals surface area (Å²) in [5.41, 5.74) is 5.36. The number of pyridine rings is 1. The first-order valence-electron chi connectivity index (χ1n) is 15.0. The van der Waals surface area contributed by atoms with Gasteiger partial charge in [-0.3, -0.25) is 4.79 Å². The maximum absolute atomic E-state index is 13.5. The van der Waals surface area contributed by atoms with Crippen molar-refractivity contribution in [3.05, 3.63) is 71.7 Å². The fraction of sp³-hybridized carbons (Fsp3) is 0.344. The van der Waals surface area contributed by atoms with Crippen LogP contribution in [-0.2, 0) is 26.6 Å². The number of amides is 2. The predicted molar refractivity (Wildman–Crippen MR) is 164 cm³/mol. The number of carboxylic acid groups (broad SMARTS) is 1. The maximum Gasteiger partial charge on any atom is 0.405 e. The predicted octanol–water partition coefficient (Wildman–Crippen LogP) is 4.65. The van der Waals surface area contributed by atoms with Crippen LogP contribution in [0.4, 0.5) is 13.6 Å². The summed E-state index contributed by atoms with van der Waals surface area (Å²) in [6.45, 7) is 0.668. The molecule has 1 unspecified atom stereocenters. The number of rotatable bonds is 10. The molecule has 232 valence electrons. The quantitative estimate of drug-likeness (QED) is 0.236. The molecule has 0 bridgehead atoms. The number of para-hydroxylation sites is 1. The molecule has 4 aromatic heterocycles. The maximum atomic E-state index is 13.5. The van der Waals surface area contributed by atoms with Gasteiger partial charge in [0.25, 0.3) is 5.91 Å². The first kappa shape index (κ1) is 28.7. The Morgan fingerprint density at radius 3 is 2.82 bits per heavy atom. The number of carbonyl (C=O) groups is 2. The van der Waals surface area contributed by atoms with Crippen molar-refractivity contribution in [2.75, 3.05) is 19.8 Å². The molecule has 45 heavy (non-hydrogen) atoms. The van der Waals surface area contributed by atoms with Crippen molar-refractivity contribution in [2.45, 2.75) is 38.4 Å². The second-order valence-corrected chi connectivity index (χ2v) is 11.8. The molecule has 5 heterocycles. The Balaban J connectivity index is 1.25. The van der Waals surface area contributed by atoms with E-state index in [2.05, 4.69) is 39.1 Å². The monoisotopic (exact) mass is 614 g/mol. The average Bonchev–Trinajstić information content (AvgIpc) is 3.50. The number of hydrogen-bond donors (Lipinski definition) is 2. The Labute approximate surface area is 256 Å². The van der Waals surface area contributed by atoms with E-state index in [1.54, 1.807) is 10.6 Å². The van der Waals surface area contributed by atoms with Gasteiger partial charge < -0.3 is 29.0 Å². The van der Waals surface area contributed by atoms with Crippen molar-refractivity contribution in [1.82, 2.24) is 38.9 Å². The highest BCUT2D eigenvalue weighted by molar-refractivity contribution is 5.99. The average molecular weight is 615 g/mol. The summed E-state index contributed by atoms with van der Waals surface area (Å²) in [5, 5.41) is 12.2. The van der Waals surface area contributed by atoms with Gasteiger partial charge in [-0.15, -0.1) is 0 Å². The molecule has 0 radical (unpaired) electrons. The van der Waals surface area contributed by atoms with Crippen LogP contribution in [-0.4, -0.2) is 76.5 Å². The summed E-state index contributed by atoms with van der Waals surface area (Å²) in [6, 6.07) is 9.05. The van der Waals surface area contributed by atoms with Crippen molar-refractivity contribution in [2.24, 2.45) is 13.0 Å². The smallest absolute Gasteiger partial charge is 0.405 e. The van der Waals surface area contributed by atoms with Gasteiger partial charge in [0.2, 0.25) is 5.95 Å². The van der Waals surface area contributed by atoms with Crippen LogP contribution in [0.1, 0.15) is 34.5 Å². The van der Waals surface area contributed by atoms with E-state index in [0.717, 1.165) is 34.5 Å². The minimum Gasteiger partial charge on any atom is -0.465 e. The van der Waals surface area contributed by atoms with Crippen LogP contribution in [0.25, 0.3) is 39.7 Å². The second-order valence-electron chi connectivity index (χ2n) is 11.8. The van der Waals surface area contributed by atoms with Crippen LogP contribution < -0.4 is 5.32 Å². The SMILES string of the molecule is Cn1c(-c2cc3cccc(C=CCn4cnc(F)c4)c3n2CC2CC2)nc2cc3c(nc21)CCN(CC(CF)NC(=O)O)C3=O. The third-order valence-corrected chi connectivity index (χ3v) is 8.55. The van der Waals surface area contributed by atoms with Crippen LogP contribution in [0.2, 0.25) is 0 Å². The van der Waals surface area contributed by atoms with Crippen LogP contribution in [0.3, 0.4) is 0 Å². The topological polar surface area (TPSA) is 123 Å². The summed E-state index contributed by atoms with van der Waals surface area (Å²) in [6.07, 6.45) is 8.34. The van der Waals surface area contributed by atoms with Crippen LogP contribution in [0, 0.1) is 11.9 Å². The van der Waals surface area contributed by atoms with Gasteiger partial charge in [-0.1, -0.05) is 30.4 Å². The number of nitrogens with one attached hydrogen (secondary N) is 1. The number of fused-ring (bicyclic) bond motifs is 3. The number of carbonyl (C=O) groups excluding carboxylic acids is 1. The lowest BCUT2D eigenvalue weighted by Crippen LogP contribution is -2.48. The summed E-state index contributed by atoms with van der Waals surface area (Å²) in [5.74, 6) is 0.485. The number of aromatic nitrogens is 6. The zero-order valence-corrected chi connectivity index (χ0v) is 24.7. The molecule has 2 amide bonds. The molecule has 7 rings (SSSR count). The normalized spacial score (nSPS) is 15.8. The van der Waals surface area contributed by atoms with Gasteiger partial charge in [0.1, 0.15) is 12.2 Å². The van der Waals surface area contributed by atoms with E-state index < -0.39 is 24.8 Å². The van der Waals surface area contributed by atoms with Crippen molar-refractivity contribution in [3.8, 4) is 11.5 Å². The Morgan fingerprint density at radius 1 is 1.24 bits per heavy atom. The second kappa shape index (κ2) is 11.5. The zero-order chi connectivity index (χ0) is 31.2. The molecule has 1 aliphatic carbocycles. The Kier molecular flexibility index (Phi) is 7.30. The number of halogens is 2. The van der Waals surface area contributed by atoms with Gasteiger partial charge in [0, 0.05) is 45.0 Å². The fourth-order valence-corrected chi connectivity index (χ4v) is 6.17. The van der Waals surface area contributed by atoms with Crippen LogP contribution in [0.5, 0.6) is 0 Å². The lowest BCUT2D eigenvalue weighted by Gasteiger charge is -2.30. The Morgan fingerprint density at radius 2 is 2.09 bits per heavy atom. The molecule has 1 fully saturated rings. The molecule has 2 N–H and O–H groups in total. The van der Waals surface area contributed by atoms with Gasteiger partial charge in [-0.05, 0) is 36.5 Å². The number of hydrogen-bond acceptors (Lipinski definition) is 5. The van der Waals surface area contributed by atoms with Crippen molar-refractivity contribution in [1.29, 1.82) is 0 Å². The van der Waals surface area contributed by atoms with E-state index in [1.807, 2.05) is 23.8 Å². The Hall–Kier alpha value is -5.07. The number of allylic oxidation sites excluding steroid dienone is 1. The van der Waals surface area contributed by atoms with Gasteiger partial charge in [0.05, 0.1) is 41.0 Å². The standard InChI is InChI=1S/C32H32F2N8O3/c1-39-29-25(13-23-24(37-29)9-11-41(31(23)43)16-22(14-33)36-32(44)45)38-30(39)26-12-21-5-2-4-20(28(21)42(26)15-19-7-8-19)6-3-10-40-17-27(34)35-18-40/h2-6,12-13,17-19,22,36H,7-11,14-16H2,1H3,(H,44,45). The number of alkyl halides is 1. The van der Waals surface area contributed by atoms with Gasteiger partial charge >= 0.3 is 6.09 Å². The molecule has 11 nitrogen and oxygen atoms in total. The molecule has 1 aliphatic heterocycles. The molecule has 0 saturated heterocycles. The fourth-order valence-electron chi connectivity index (χ4n) is 6.17. The van der Waals surface area contributed by atoms with E-state index in [-0.39, 0.29) is 12.5 Å². The number of aryl methyl sites for hydroxylation is 1. The highest BCUT2D eigenvalue weighted by Crippen LogP contribution is 2.38. The molecule has 1 aromatic carbocycles. The zero-order valence-electron chi connectivity index (χ0n) is 24.7. The Bertz CT molecular complexity index is 1970. The molecule has 0 spiro atoms. The summed E-state index contributed by atoms with van der Waals surface area (Å²) >= 11 is 0. The molecular formula is C32H32F2N8O3. The largest absolute Gasteiger partial charge is 0.465 e. The minimum absolute atomic E-state index is 0.0656. The lowest BCUT2D eigenvalue weighted by molar-refractivity contribution is 0.0712. The highest BCUT2D eigenvalue weighted by atomic mass is 19.1. The van der Waals surface area contributed by atoms with Gasteiger partial charge in [-0.25, -0.2) is 24.1 Å². The molecular weight excluding hydrogens is 582 g/mol. The van der Waals surface area contributed by atoms with E-state index in [0.29, 0.717) is 47.8 Å². The summed E-state index contributed by atoms with van der Waals surface area (Å²) in [4.78, 5) is 39.4. The van der Waals surface area contributed by atoms with E-state index in [1.165, 1.54) is 30.3 Å². The third kappa shape index (κ3) is 5.54. The summed E-state index contributed by atoms with van der Waals surface area (Å²) < 4.78 is 32.8. The van der Waals surface area contributed by atoms with E-state index in [9.17, 15) is 18.4 Å². The van der Waals surface area contributed by atoms with E-state index >= 15 is 0 Å². The van der Waals surface area contributed by atoms with Crippen molar-refractivity contribution in [3.63, 3.8) is 0 Å². The van der Waals surface area contributed by atoms with E-state index in [4.69, 9.17) is 15.1 Å². The minimum atomic E-state index is -1.33. The molecule has 1 saturated carbocycles. The molecule has 2 aliphatic rings. The summed E-state index contributed by atoms with van der Waals surface area (Å²) in [7, 11) is 1.93. The van der Waals surface area contributed by atoms with Crippen molar-refractivity contribution < 1.29 is 23.5 Å². The lowest BCUT2D eigenvalue weighted by atomic mass is 10.0.